The van der Waals surface area contributed by atoms with Gasteiger partial charge in [-0.1, -0.05) is 26.8 Å². The van der Waals surface area contributed by atoms with Crippen LogP contribution in [0.2, 0.25) is 0 Å². The molecule has 1 heterocycles. The van der Waals surface area contributed by atoms with Crippen molar-refractivity contribution in [3.63, 3.8) is 0 Å². The maximum atomic E-state index is 4.72. The van der Waals surface area contributed by atoms with E-state index in [4.69, 9.17) is 4.98 Å². The second-order valence-electron chi connectivity index (χ2n) is 6.93. The molecule has 0 saturated heterocycles. The quantitative estimate of drug-likeness (QED) is 0.893. The average molecular weight is 258 g/mol. The van der Waals surface area contributed by atoms with Crippen LogP contribution in [0, 0.1) is 11.3 Å². The molecule has 0 amide bonds. The van der Waals surface area contributed by atoms with Gasteiger partial charge >= 0.3 is 0 Å². The van der Waals surface area contributed by atoms with Gasteiger partial charge in [0.05, 0.1) is 0 Å². The standard InChI is InChI=1S/C17H26N2/c1-4-18-16(14-11-17(14,2)3)13-9-5-7-12-8-6-10-19-15(12)13/h6,8,10,13-14,16,18H,4-5,7,9,11H2,1-3H3. The van der Waals surface area contributed by atoms with Crippen molar-refractivity contribution in [2.75, 3.05) is 6.54 Å². The van der Waals surface area contributed by atoms with Gasteiger partial charge in [0.25, 0.3) is 0 Å². The topological polar surface area (TPSA) is 24.9 Å². The number of aromatic nitrogens is 1. The van der Waals surface area contributed by atoms with Crippen molar-refractivity contribution >= 4 is 0 Å². The molecule has 2 heteroatoms. The molecule has 1 saturated carbocycles. The number of pyridine rings is 1. The van der Waals surface area contributed by atoms with Crippen LogP contribution in [0.15, 0.2) is 18.3 Å². The molecule has 0 bridgehead atoms. The average Bonchev–Trinajstić information content (AvgIpc) is 3.04. The summed E-state index contributed by atoms with van der Waals surface area (Å²) < 4.78 is 0. The summed E-state index contributed by atoms with van der Waals surface area (Å²) in [7, 11) is 0. The summed E-state index contributed by atoms with van der Waals surface area (Å²) in [6, 6.07) is 4.98. The Kier molecular flexibility index (Phi) is 3.38. The largest absolute Gasteiger partial charge is 0.313 e. The fourth-order valence-corrected chi connectivity index (χ4v) is 3.92. The minimum absolute atomic E-state index is 0.527. The highest BCUT2D eigenvalue weighted by Crippen LogP contribution is 2.56. The number of hydrogen-bond acceptors (Lipinski definition) is 2. The van der Waals surface area contributed by atoms with Gasteiger partial charge in [0.15, 0.2) is 0 Å². The van der Waals surface area contributed by atoms with Gasteiger partial charge in [-0.2, -0.15) is 0 Å². The molecule has 19 heavy (non-hydrogen) atoms. The van der Waals surface area contributed by atoms with Gasteiger partial charge in [0.2, 0.25) is 0 Å². The highest BCUT2D eigenvalue weighted by molar-refractivity contribution is 5.28. The molecule has 1 fully saturated rings. The van der Waals surface area contributed by atoms with Crippen molar-refractivity contribution in [3.8, 4) is 0 Å². The second-order valence-corrected chi connectivity index (χ2v) is 6.93. The van der Waals surface area contributed by atoms with E-state index in [1.54, 1.807) is 0 Å². The summed E-state index contributed by atoms with van der Waals surface area (Å²) in [6.07, 6.45) is 7.17. The van der Waals surface area contributed by atoms with Gasteiger partial charge in [-0.25, -0.2) is 0 Å². The molecule has 0 spiro atoms. The highest BCUT2D eigenvalue weighted by Gasteiger charge is 2.52. The van der Waals surface area contributed by atoms with Crippen LogP contribution in [-0.4, -0.2) is 17.6 Å². The van der Waals surface area contributed by atoms with Crippen molar-refractivity contribution in [2.45, 2.75) is 58.4 Å². The Morgan fingerprint density at radius 1 is 1.47 bits per heavy atom. The van der Waals surface area contributed by atoms with Gasteiger partial charge in [-0.15, -0.1) is 0 Å². The van der Waals surface area contributed by atoms with Crippen LogP contribution < -0.4 is 5.32 Å². The lowest BCUT2D eigenvalue weighted by Gasteiger charge is -2.33. The van der Waals surface area contributed by atoms with E-state index in [0.717, 1.165) is 12.5 Å². The summed E-state index contributed by atoms with van der Waals surface area (Å²) in [5, 5.41) is 3.77. The lowest BCUT2D eigenvalue weighted by atomic mass is 9.79. The van der Waals surface area contributed by atoms with E-state index in [1.165, 1.54) is 36.9 Å². The minimum atomic E-state index is 0.527. The highest BCUT2D eigenvalue weighted by atomic mass is 15.0. The Morgan fingerprint density at radius 2 is 2.26 bits per heavy atom. The maximum Gasteiger partial charge on any atom is 0.0482 e. The molecule has 3 rings (SSSR count). The Bertz CT molecular complexity index is 452. The third-order valence-electron chi connectivity index (χ3n) is 5.14. The van der Waals surface area contributed by atoms with Gasteiger partial charge in [0.1, 0.15) is 0 Å². The van der Waals surface area contributed by atoms with Crippen LogP contribution in [0.1, 0.15) is 57.2 Å². The monoisotopic (exact) mass is 258 g/mol. The number of nitrogens with one attached hydrogen (secondary N) is 1. The molecular formula is C17H26N2. The number of nitrogens with zero attached hydrogens (tertiary/aromatic N) is 1. The Balaban J connectivity index is 1.88. The van der Waals surface area contributed by atoms with E-state index in [-0.39, 0.29) is 0 Å². The van der Waals surface area contributed by atoms with Gasteiger partial charge in [0, 0.05) is 23.9 Å². The predicted octanol–water partition coefficient (Wildman–Crippen LogP) is 3.53. The second kappa shape index (κ2) is 4.90. The third kappa shape index (κ3) is 2.43. The SMILES string of the molecule is CCNC(C1CCCc2cccnc21)C1CC1(C)C. The van der Waals surface area contributed by atoms with Crippen LogP contribution in [0.25, 0.3) is 0 Å². The number of likely N-dealkylation sites (N-methyl/N-ethyl adjacent to an activating group) is 1. The van der Waals surface area contributed by atoms with Gasteiger partial charge in [-0.3, -0.25) is 4.98 Å². The predicted molar refractivity (Wildman–Crippen MR) is 79.3 cm³/mol. The number of rotatable bonds is 4. The fraction of sp³-hybridized carbons (Fsp3) is 0.706. The smallest absolute Gasteiger partial charge is 0.0482 e. The molecular weight excluding hydrogens is 232 g/mol. The maximum absolute atomic E-state index is 4.72. The van der Waals surface area contributed by atoms with Crippen molar-refractivity contribution in [1.29, 1.82) is 0 Å². The Morgan fingerprint density at radius 3 is 2.95 bits per heavy atom. The van der Waals surface area contributed by atoms with Gasteiger partial charge < -0.3 is 5.32 Å². The van der Waals surface area contributed by atoms with Crippen molar-refractivity contribution in [2.24, 2.45) is 11.3 Å². The lowest BCUT2D eigenvalue weighted by molar-refractivity contribution is 0.326. The zero-order valence-corrected chi connectivity index (χ0v) is 12.4. The minimum Gasteiger partial charge on any atom is -0.313 e. The molecule has 0 aromatic carbocycles. The van der Waals surface area contributed by atoms with Crippen LogP contribution >= 0.6 is 0 Å². The van der Waals surface area contributed by atoms with Crippen LogP contribution in [0.5, 0.6) is 0 Å². The molecule has 3 atom stereocenters. The first-order valence-electron chi connectivity index (χ1n) is 7.80. The molecule has 104 valence electrons. The number of aryl methyl sites for hydroxylation is 1. The first-order valence-corrected chi connectivity index (χ1v) is 7.80. The zero-order valence-electron chi connectivity index (χ0n) is 12.4. The summed E-state index contributed by atoms with van der Waals surface area (Å²) in [4.78, 5) is 4.72. The van der Waals surface area contributed by atoms with Crippen molar-refractivity contribution in [3.05, 3.63) is 29.6 Å². The normalized spacial score (nSPS) is 29.6. The summed E-state index contributed by atoms with van der Waals surface area (Å²) in [6.45, 7) is 8.11. The zero-order chi connectivity index (χ0) is 13.5. The van der Waals surface area contributed by atoms with E-state index in [2.05, 4.69) is 38.2 Å². The molecule has 2 nitrogen and oxygen atoms in total. The Labute approximate surface area is 117 Å². The summed E-state index contributed by atoms with van der Waals surface area (Å²) >= 11 is 0. The van der Waals surface area contributed by atoms with Crippen LogP contribution in [0.3, 0.4) is 0 Å². The molecule has 2 aliphatic carbocycles. The van der Waals surface area contributed by atoms with E-state index in [9.17, 15) is 0 Å². The molecule has 1 N–H and O–H groups in total. The van der Waals surface area contributed by atoms with E-state index in [0.29, 0.717) is 17.4 Å². The van der Waals surface area contributed by atoms with Crippen molar-refractivity contribution < 1.29 is 0 Å². The molecule has 2 aliphatic rings. The molecule has 3 unspecified atom stereocenters. The van der Waals surface area contributed by atoms with Crippen LogP contribution in [0.4, 0.5) is 0 Å². The number of fused-ring (bicyclic) bond motifs is 1. The van der Waals surface area contributed by atoms with Crippen molar-refractivity contribution in [1.82, 2.24) is 10.3 Å². The number of hydrogen-bond donors (Lipinski definition) is 1. The third-order valence-corrected chi connectivity index (χ3v) is 5.14. The Hall–Kier alpha value is -0.890. The lowest BCUT2D eigenvalue weighted by Crippen LogP contribution is -2.39. The first kappa shape index (κ1) is 13.1. The summed E-state index contributed by atoms with van der Waals surface area (Å²) in [5.41, 5.74) is 3.39. The molecule has 1 aromatic rings. The van der Waals surface area contributed by atoms with Crippen LogP contribution in [-0.2, 0) is 6.42 Å². The van der Waals surface area contributed by atoms with E-state index < -0.39 is 0 Å². The fourth-order valence-electron chi connectivity index (χ4n) is 3.92. The first-order chi connectivity index (χ1) is 9.13. The molecule has 0 radical (unpaired) electrons. The van der Waals surface area contributed by atoms with E-state index in [1.807, 2.05) is 6.20 Å². The van der Waals surface area contributed by atoms with E-state index >= 15 is 0 Å². The molecule has 1 aromatic heterocycles. The van der Waals surface area contributed by atoms with Gasteiger partial charge in [-0.05, 0) is 55.2 Å². The summed E-state index contributed by atoms with van der Waals surface area (Å²) in [5.74, 6) is 1.45. The molecule has 0 aliphatic heterocycles.